The summed E-state index contributed by atoms with van der Waals surface area (Å²) >= 11 is -0.967. The molecule has 0 atom stereocenters. The van der Waals surface area contributed by atoms with E-state index in [1.54, 1.807) is 13.3 Å². The Kier molecular flexibility index (Phi) is 32.4. The van der Waals surface area contributed by atoms with Gasteiger partial charge in [-0.1, -0.05) is 64.7 Å². The van der Waals surface area contributed by atoms with E-state index in [0.29, 0.717) is 6.61 Å². The van der Waals surface area contributed by atoms with Crippen LogP contribution in [0.2, 0.25) is 13.3 Å². The zero-order chi connectivity index (χ0) is 22.0. The molecule has 2 N–H and O–H groups in total. The van der Waals surface area contributed by atoms with E-state index in [1.807, 2.05) is 0 Å². The van der Waals surface area contributed by atoms with Crippen molar-refractivity contribution in [2.75, 3.05) is 6.61 Å². The van der Waals surface area contributed by atoms with Gasteiger partial charge < -0.3 is 14.3 Å². The van der Waals surface area contributed by atoms with Crippen LogP contribution < -0.4 is 0 Å². The Bertz CT molecular complexity index is 262. The van der Waals surface area contributed by atoms with Crippen LogP contribution >= 0.6 is 8.60 Å². The van der Waals surface area contributed by atoms with E-state index in [2.05, 4.69) is 32.2 Å². The van der Waals surface area contributed by atoms with Gasteiger partial charge in [0.1, 0.15) is 0 Å². The van der Waals surface area contributed by atoms with Crippen molar-refractivity contribution in [2.45, 2.75) is 144 Å². The van der Waals surface area contributed by atoms with Gasteiger partial charge in [-0.25, -0.2) is 0 Å². The second-order valence-corrected chi connectivity index (χ2v) is 19.2. The molecule has 0 aromatic rings. The molecule has 5 heteroatoms. The van der Waals surface area contributed by atoms with Crippen LogP contribution in [0.4, 0.5) is 0 Å². The minimum absolute atomic E-state index is 0.481. The summed E-state index contributed by atoms with van der Waals surface area (Å²) in [6.07, 6.45) is 21.7. The van der Waals surface area contributed by atoms with Crippen LogP contribution in [0.3, 0.4) is 0 Å². The van der Waals surface area contributed by atoms with Gasteiger partial charge in [0.25, 0.3) is 0 Å². The topological polar surface area (TPSA) is 49.7 Å². The summed E-state index contributed by atoms with van der Waals surface area (Å²) in [5.41, 5.74) is 0. The minimum atomic E-state index is -2.14. The molecule has 0 amide bonds. The van der Waals surface area contributed by atoms with Gasteiger partial charge in [0, 0.05) is 0 Å². The van der Waals surface area contributed by atoms with Gasteiger partial charge in [0.05, 0.1) is 6.61 Å². The first-order valence-electron chi connectivity index (χ1n) is 12.9. The van der Waals surface area contributed by atoms with E-state index in [9.17, 15) is 0 Å². The number of hydrogen-bond acceptors (Lipinski definition) is 3. The Balaban J connectivity index is 0. The molecule has 0 rings (SSSR count). The monoisotopic (exact) mass is 542 g/mol. The zero-order valence-corrected chi connectivity index (χ0v) is 24.7. The summed E-state index contributed by atoms with van der Waals surface area (Å²) < 4.78 is 9.77. The van der Waals surface area contributed by atoms with E-state index in [0.717, 1.165) is 12.8 Å². The van der Waals surface area contributed by atoms with E-state index >= 15 is 0 Å². The van der Waals surface area contributed by atoms with Crippen LogP contribution in [-0.4, -0.2) is 36.2 Å². The van der Waals surface area contributed by atoms with Gasteiger partial charge >= 0.3 is 101 Å². The van der Waals surface area contributed by atoms with E-state index < -0.39 is 28.4 Å². The Labute approximate surface area is 192 Å². The molecule has 0 aromatic heterocycles. The van der Waals surface area contributed by atoms with E-state index in [4.69, 9.17) is 9.79 Å². The molecular formula is C24H55O3PSn. The molecule has 0 bridgehead atoms. The standard InChI is InChI=1S/C12H27O3P.3C4H9.Sn.H/c1-2-3-4-5-6-7-8-9-10-11-12-15-16(13)14;3*1-3-4-2;;/h13-14H,2-12H2,1H3;3*1,3-4H2,2H3;;. The van der Waals surface area contributed by atoms with Crippen molar-refractivity contribution in [2.24, 2.45) is 0 Å². The molecule has 0 heterocycles. The van der Waals surface area contributed by atoms with Crippen LogP contribution in [0.5, 0.6) is 0 Å². The van der Waals surface area contributed by atoms with Gasteiger partial charge in [0.15, 0.2) is 0 Å². The fourth-order valence-corrected chi connectivity index (χ4v) is 14.9. The molecule has 0 aliphatic carbocycles. The van der Waals surface area contributed by atoms with Crippen LogP contribution in [0, 0.1) is 0 Å². The van der Waals surface area contributed by atoms with Crippen molar-refractivity contribution < 1.29 is 14.3 Å². The third-order valence-corrected chi connectivity index (χ3v) is 16.5. The first-order valence-corrected chi connectivity index (χ1v) is 21.1. The Morgan fingerprint density at radius 3 is 1.21 bits per heavy atom. The molecular weight excluding hydrogens is 486 g/mol. The van der Waals surface area contributed by atoms with E-state index in [-0.39, 0.29) is 0 Å². The summed E-state index contributed by atoms with van der Waals surface area (Å²) in [6.45, 7) is 9.73. The molecule has 0 unspecified atom stereocenters. The summed E-state index contributed by atoms with van der Waals surface area (Å²) in [4.78, 5) is 17.0. The van der Waals surface area contributed by atoms with Crippen molar-refractivity contribution in [1.29, 1.82) is 0 Å². The van der Waals surface area contributed by atoms with Crippen molar-refractivity contribution in [3.63, 3.8) is 0 Å². The predicted molar refractivity (Wildman–Crippen MR) is 135 cm³/mol. The van der Waals surface area contributed by atoms with Crippen LogP contribution in [0.1, 0.15) is 130 Å². The molecule has 0 spiro atoms. The van der Waals surface area contributed by atoms with Gasteiger partial charge in [-0.15, -0.1) is 0 Å². The zero-order valence-electron chi connectivity index (χ0n) is 20.5. The van der Waals surface area contributed by atoms with Crippen molar-refractivity contribution in [1.82, 2.24) is 0 Å². The van der Waals surface area contributed by atoms with Crippen LogP contribution in [0.25, 0.3) is 0 Å². The van der Waals surface area contributed by atoms with Gasteiger partial charge in [-0.2, -0.15) is 0 Å². The summed E-state index contributed by atoms with van der Waals surface area (Å²) in [7, 11) is -2.14. The van der Waals surface area contributed by atoms with Crippen molar-refractivity contribution in [3.8, 4) is 0 Å². The van der Waals surface area contributed by atoms with Crippen molar-refractivity contribution in [3.05, 3.63) is 0 Å². The first-order chi connectivity index (χ1) is 14.1. The summed E-state index contributed by atoms with van der Waals surface area (Å²) in [5.74, 6) is 0. The van der Waals surface area contributed by atoms with Gasteiger partial charge in [-0.05, 0) is 6.42 Å². The number of hydrogen-bond donors (Lipinski definition) is 2. The molecule has 0 saturated carbocycles. The number of rotatable bonds is 21. The Morgan fingerprint density at radius 1 is 0.517 bits per heavy atom. The van der Waals surface area contributed by atoms with Crippen LogP contribution in [0.15, 0.2) is 0 Å². The Hall–Kier alpha value is 1.11. The Morgan fingerprint density at radius 2 is 0.862 bits per heavy atom. The maximum absolute atomic E-state index is 8.49. The first kappa shape index (κ1) is 32.3. The van der Waals surface area contributed by atoms with Gasteiger partial charge in [-0.3, -0.25) is 0 Å². The quantitative estimate of drug-likeness (QED) is 0.0868. The molecule has 0 aliphatic heterocycles. The fourth-order valence-electron chi connectivity index (χ4n) is 3.65. The molecule has 0 aliphatic rings. The molecule has 0 radical (unpaired) electrons. The van der Waals surface area contributed by atoms with Gasteiger partial charge in [0.2, 0.25) is 0 Å². The molecule has 29 heavy (non-hydrogen) atoms. The molecule has 0 aromatic carbocycles. The second kappa shape index (κ2) is 29.1. The molecule has 178 valence electrons. The summed E-state index contributed by atoms with van der Waals surface area (Å²) in [6, 6.07) is 0. The van der Waals surface area contributed by atoms with E-state index in [1.165, 1.54) is 89.9 Å². The molecule has 0 saturated heterocycles. The average Bonchev–Trinajstić information content (AvgIpc) is 2.71. The maximum atomic E-state index is 8.49. The fraction of sp³-hybridized carbons (Fsp3) is 1.00. The molecule has 3 nitrogen and oxygen atoms in total. The third-order valence-electron chi connectivity index (χ3n) is 5.60. The van der Waals surface area contributed by atoms with Crippen LogP contribution in [-0.2, 0) is 4.52 Å². The normalized spacial score (nSPS) is 11.2. The number of unbranched alkanes of at least 4 members (excludes halogenated alkanes) is 12. The average molecular weight is 541 g/mol. The SMILES string of the molecule is CCCCCCCCCCCCOP(O)O.CCC[CH2][SnH]([CH2]CCC)[CH2]CCC. The predicted octanol–water partition coefficient (Wildman–Crippen LogP) is 8.75. The second-order valence-electron chi connectivity index (χ2n) is 8.56. The third kappa shape index (κ3) is 31.4. The summed E-state index contributed by atoms with van der Waals surface area (Å²) in [5, 5.41) is 0. The molecule has 0 fully saturated rings. The van der Waals surface area contributed by atoms with Crippen molar-refractivity contribution >= 4 is 28.4 Å².